The second-order valence-corrected chi connectivity index (χ2v) is 9.54. The molecule has 0 spiro atoms. The van der Waals surface area contributed by atoms with Crippen LogP contribution in [0.3, 0.4) is 0 Å². The highest BCUT2D eigenvalue weighted by Gasteiger charge is 2.09. The lowest BCUT2D eigenvalue weighted by atomic mass is 10.1. The van der Waals surface area contributed by atoms with Crippen LogP contribution in [0.4, 0.5) is 0 Å². The van der Waals surface area contributed by atoms with Crippen LogP contribution in [0.2, 0.25) is 0 Å². The largest absolute Gasteiger partial charge is 0.352 e. The van der Waals surface area contributed by atoms with Gasteiger partial charge in [-0.3, -0.25) is 9.48 Å². The third-order valence-electron chi connectivity index (χ3n) is 4.81. The Balaban J connectivity index is 1.33. The third kappa shape index (κ3) is 4.86. The van der Waals surface area contributed by atoms with E-state index in [2.05, 4.69) is 39.0 Å². The van der Waals surface area contributed by atoms with Gasteiger partial charge >= 0.3 is 0 Å². The Bertz CT molecular complexity index is 1170. The van der Waals surface area contributed by atoms with Crippen molar-refractivity contribution in [2.45, 2.75) is 33.7 Å². The molecule has 0 radical (unpaired) electrons. The van der Waals surface area contributed by atoms with Gasteiger partial charge < -0.3 is 5.32 Å². The van der Waals surface area contributed by atoms with E-state index in [1.807, 2.05) is 49.7 Å². The number of amides is 1. The second-order valence-electron chi connectivity index (χ2n) is 7.31. The lowest BCUT2D eigenvalue weighted by Gasteiger charge is -2.08. The van der Waals surface area contributed by atoms with Gasteiger partial charge in [0.15, 0.2) is 0 Å². The van der Waals surface area contributed by atoms with Crippen LogP contribution in [0.1, 0.15) is 37.2 Å². The van der Waals surface area contributed by atoms with E-state index in [1.54, 1.807) is 22.7 Å². The fourth-order valence-electron chi connectivity index (χ4n) is 3.35. The molecule has 1 amide bonds. The minimum absolute atomic E-state index is 0.0443. The summed E-state index contributed by atoms with van der Waals surface area (Å²) in [5.74, 6) is -0.0443. The molecule has 154 valence electrons. The molecule has 0 aliphatic rings. The second kappa shape index (κ2) is 8.93. The lowest BCUT2D eigenvalue weighted by Crippen LogP contribution is -2.25. The summed E-state index contributed by atoms with van der Waals surface area (Å²) in [6.07, 6.45) is 0.810. The first-order valence-electron chi connectivity index (χ1n) is 9.87. The average molecular weight is 437 g/mol. The Labute approximate surface area is 184 Å². The predicted molar refractivity (Wildman–Crippen MR) is 123 cm³/mol. The van der Waals surface area contributed by atoms with E-state index >= 15 is 0 Å². The average Bonchev–Trinajstić information content (AvgIpc) is 3.43. The van der Waals surface area contributed by atoms with Gasteiger partial charge in [0.1, 0.15) is 0 Å². The molecule has 0 saturated carbocycles. The fraction of sp³-hybridized carbons (Fsp3) is 0.261. The van der Waals surface area contributed by atoms with Crippen molar-refractivity contribution >= 4 is 28.6 Å². The summed E-state index contributed by atoms with van der Waals surface area (Å²) < 4.78 is 1.96. The Morgan fingerprint density at radius 3 is 2.73 bits per heavy atom. The van der Waals surface area contributed by atoms with Gasteiger partial charge in [0, 0.05) is 28.1 Å². The minimum atomic E-state index is -0.0443. The highest BCUT2D eigenvalue weighted by atomic mass is 32.1. The number of rotatable bonds is 7. The number of nitrogens with one attached hydrogen (secondary N) is 1. The van der Waals surface area contributed by atoms with Crippen molar-refractivity contribution in [3.05, 3.63) is 80.2 Å². The Hall–Kier alpha value is -2.77. The Morgan fingerprint density at radius 2 is 2.00 bits per heavy atom. The van der Waals surface area contributed by atoms with Crippen LogP contribution in [-0.4, -0.2) is 27.2 Å². The summed E-state index contributed by atoms with van der Waals surface area (Å²) in [6.45, 7) is 7.32. The topological polar surface area (TPSA) is 59.8 Å². The highest BCUT2D eigenvalue weighted by Crippen LogP contribution is 2.29. The first-order chi connectivity index (χ1) is 14.5. The molecule has 0 bridgehead atoms. The van der Waals surface area contributed by atoms with Gasteiger partial charge in [0.2, 0.25) is 0 Å². The summed E-state index contributed by atoms with van der Waals surface area (Å²) in [6, 6.07) is 14.0. The standard InChI is InChI=1S/C23H24N4OS2/c1-15-11-16(2)27(26-15)13-18-5-4-6-19(12-18)23(28)24-10-9-20-7-8-22(30-20)21-14-29-17(3)25-21/h4-8,11-12,14H,9-10,13H2,1-3H3,(H,24,28). The van der Waals surface area contributed by atoms with E-state index in [9.17, 15) is 4.79 Å². The molecule has 7 heteroatoms. The van der Waals surface area contributed by atoms with Crippen LogP contribution in [-0.2, 0) is 13.0 Å². The molecular weight excluding hydrogens is 412 g/mol. The molecule has 1 aromatic carbocycles. The van der Waals surface area contributed by atoms with Crippen molar-refractivity contribution in [1.29, 1.82) is 0 Å². The monoisotopic (exact) mass is 436 g/mol. The summed E-state index contributed by atoms with van der Waals surface area (Å²) >= 11 is 3.40. The minimum Gasteiger partial charge on any atom is -0.352 e. The van der Waals surface area contributed by atoms with Gasteiger partial charge in [-0.25, -0.2) is 4.98 Å². The highest BCUT2D eigenvalue weighted by molar-refractivity contribution is 7.16. The lowest BCUT2D eigenvalue weighted by molar-refractivity contribution is 0.0954. The molecule has 0 fully saturated rings. The number of nitrogens with zero attached hydrogens (tertiary/aromatic N) is 3. The number of thiazole rings is 1. The van der Waals surface area contributed by atoms with Crippen molar-refractivity contribution in [3.8, 4) is 10.6 Å². The van der Waals surface area contributed by atoms with E-state index < -0.39 is 0 Å². The van der Waals surface area contributed by atoms with Crippen LogP contribution >= 0.6 is 22.7 Å². The zero-order chi connectivity index (χ0) is 21.1. The van der Waals surface area contributed by atoms with E-state index in [0.717, 1.165) is 34.1 Å². The Kier molecular flexibility index (Phi) is 6.11. The first-order valence-corrected chi connectivity index (χ1v) is 11.6. The molecule has 0 aliphatic carbocycles. The van der Waals surface area contributed by atoms with Crippen LogP contribution in [0, 0.1) is 20.8 Å². The maximum atomic E-state index is 12.6. The summed E-state index contributed by atoms with van der Waals surface area (Å²) in [4.78, 5) is 19.6. The van der Waals surface area contributed by atoms with Crippen molar-refractivity contribution in [2.24, 2.45) is 0 Å². The van der Waals surface area contributed by atoms with Crippen molar-refractivity contribution in [2.75, 3.05) is 6.54 Å². The number of benzene rings is 1. The summed E-state index contributed by atoms with van der Waals surface area (Å²) in [5, 5.41) is 10.7. The maximum absolute atomic E-state index is 12.6. The van der Waals surface area contributed by atoms with Crippen LogP contribution < -0.4 is 5.32 Å². The molecule has 5 nitrogen and oxygen atoms in total. The van der Waals surface area contributed by atoms with Gasteiger partial charge in [-0.15, -0.1) is 22.7 Å². The molecule has 30 heavy (non-hydrogen) atoms. The van der Waals surface area contributed by atoms with Gasteiger partial charge in [0.25, 0.3) is 5.91 Å². The molecule has 0 saturated heterocycles. The number of aromatic nitrogens is 3. The van der Waals surface area contributed by atoms with Crippen LogP contribution in [0.15, 0.2) is 47.8 Å². The summed E-state index contributed by atoms with van der Waals surface area (Å²) in [7, 11) is 0. The molecule has 4 rings (SSSR count). The van der Waals surface area contributed by atoms with Crippen LogP contribution in [0.5, 0.6) is 0 Å². The quantitative estimate of drug-likeness (QED) is 0.443. The molecule has 3 heterocycles. The Morgan fingerprint density at radius 1 is 1.13 bits per heavy atom. The van der Waals surface area contributed by atoms with E-state index in [1.165, 1.54) is 9.75 Å². The molecular formula is C23H24N4OS2. The molecule has 0 atom stereocenters. The number of hydrogen-bond acceptors (Lipinski definition) is 5. The molecule has 0 unspecified atom stereocenters. The third-order valence-corrected chi connectivity index (χ3v) is 6.76. The number of carbonyl (C=O) groups excluding carboxylic acids is 1. The zero-order valence-electron chi connectivity index (χ0n) is 17.3. The maximum Gasteiger partial charge on any atom is 0.251 e. The smallest absolute Gasteiger partial charge is 0.251 e. The van der Waals surface area contributed by atoms with Gasteiger partial charge in [-0.1, -0.05) is 12.1 Å². The van der Waals surface area contributed by atoms with Gasteiger partial charge in [-0.2, -0.15) is 5.10 Å². The summed E-state index contributed by atoms with van der Waals surface area (Å²) in [5.41, 5.74) is 4.90. The fourth-order valence-corrected chi connectivity index (χ4v) is 5.00. The molecule has 1 N–H and O–H groups in total. The molecule has 4 aromatic rings. The van der Waals surface area contributed by atoms with Crippen molar-refractivity contribution in [3.63, 3.8) is 0 Å². The van der Waals surface area contributed by atoms with E-state index in [-0.39, 0.29) is 5.91 Å². The van der Waals surface area contributed by atoms with Crippen molar-refractivity contribution in [1.82, 2.24) is 20.1 Å². The molecule has 0 aliphatic heterocycles. The molecule has 3 aromatic heterocycles. The SMILES string of the molecule is Cc1cc(C)n(Cc2cccc(C(=O)NCCc3ccc(-c4csc(C)n4)s3)c2)n1. The van der Waals surface area contributed by atoms with Gasteiger partial charge in [0.05, 0.1) is 27.8 Å². The van der Waals surface area contributed by atoms with Crippen molar-refractivity contribution < 1.29 is 4.79 Å². The zero-order valence-corrected chi connectivity index (χ0v) is 18.9. The van der Waals surface area contributed by atoms with E-state index in [4.69, 9.17) is 0 Å². The first kappa shape index (κ1) is 20.5. The number of thiophene rings is 1. The number of hydrogen-bond donors (Lipinski definition) is 1. The number of carbonyl (C=O) groups is 1. The normalized spacial score (nSPS) is 11.0. The van der Waals surface area contributed by atoms with Crippen LogP contribution in [0.25, 0.3) is 10.6 Å². The predicted octanol–water partition coefficient (Wildman–Crippen LogP) is 5.01. The number of aryl methyl sites for hydroxylation is 3. The van der Waals surface area contributed by atoms with E-state index in [0.29, 0.717) is 18.7 Å². The van der Waals surface area contributed by atoms with Gasteiger partial charge in [-0.05, 0) is 63.1 Å².